The van der Waals surface area contributed by atoms with Gasteiger partial charge in [-0.1, -0.05) is 23.7 Å². The fourth-order valence-electron chi connectivity index (χ4n) is 5.15. The number of aliphatic imine (C=N–C) groups is 1. The minimum Gasteiger partial charge on any atom is -0.508 e. The summed E-state index contributed by atoms with van der Waals surface area (Å²) in [6, 6.07) is 12.4. The highest BCUT2D eigenvalue weighted by Gasteiger charge is 2.49. The number of carbonyl (C=O) groups excluding carboxylic acids is 2. The van der Waals surface area contributed by atoms with Gasteiger partial charge in [-0.2, -0.15) is 4.31 Å². The number of nitrogens with zero attached hydrogens (tertiary/aromatic N) is 3. The summed E-state index contributed by atoms with van der Waals surface area (Å²) in [7, 11) is -3.72. The lowest BCUT2D eigenvalue weighted by atomic mass is 9.89. The van der Waals surface area contributed by atoms with Gasteiger partial charge in [-0.15, -0.1) is 0 Å². The first-order chi connectivity index (χ1) is 17.2. The van der Waals surface area contributed by atoms with Crippen LogP contribution in [0, 0.1) is 5.92 Å². The van der Waals surface area contributed by atoms with Crippen LogP contribution in [0.5, 0.6) is 5.75 Å². The van der Waals surface area contributed by atoms with E-state index in [9.17, 15) is 23.1 Å². The van der Waals surface area contributed by atoms with Crippen LogP contribution in [0.3, 0.4) is 0 Å². The summed E-state index contributed by atoms with van der Waals surface area (Å²) in [4.78, 5) is 32.6. The molecule has 190 valence electrons. The highest BCUT2D eigenvalue weighted by Crippen LogP contribution is 2.35. The van der Waals surface area contributed by atoms with Crippen molar-refractivity contribution in [1.29, 1.82) is 0 Å². The second-order valence-corrected chi connectivity index (χ2v) is 11.9. The normalized spacial score (nSPS) is 22.4. The maximum absolute atomic E-state index is 13.1. The number of aromatic hydroxyl groups is 1. The summed E-state index contributed by atoms with van der Waals surface area (Å²) in [5.74, 6) is 0.104. The van der Waals surface area contributed by atoms with Crippen LogP contribution < -0.4 is 5.32 Å². The summed E-state index contributed by atoms with van der Waals surface area (Å²) in [6.45, 7) is 1.35. The molecule has 2 saturated heterocycles. The van der Waals surface area contributed by atoms with Gasteiger partial charge in [0, 0.05) is 42.7 Å². The zero-order valence-electron chi connectivity index (χ0n) is 19.6. The SMILES string of the molecule is O=C(c1cccc(O)c1)N1CCCC(C2=NC3(CCN(S(=O)(=O)c4cccc(Cl)c4)CC3)C(=O)N2)C1. The van der Waals surface area contributed by atoms with Gasteiger partial charge in [0.25, 0.3) is 11.8 Å². The number of hydrogen-bond acceptors (Lipinski definition) is 6. The summed E-state index contributed by atoms with van der Waals surface area (Å²) < 4.78 is 27.5. The average molecular weight is 531 g/mol. The molecule has 0 aliphatic carbocycles. The molecule has 36 heavy (non-hydrogen) atoms. The lowest BCUT2D eigenvalue weighted by molar-refractivity contribution is -0.125. The highest BCUT2D eigenvalue weighted by atomic mass is 35.5. The number of rotatable bonds is 4. The van der Waals surface area contributed by atoms with Crippen molar-refractivity contribution < 1.29 is 23.1 Å². The van der Waals surface area contributed by atoms with Crippen molar-refractivity contribution in [2.24, 2.45) is 10.9 Å². The van der Waals surface area contributed by atoms with Crippen molar-refractivity contribution in [3.63, 3.8) is 0 Å². The minimum absolute atomic E-state index is 0.0347. The van der Waals surface area contributed by atoms with Crippen molar-refractivity contribution in [3.05, 3.63) is 59.1 Å². The number of phenols is 1. The number of hydrogen-bond donors (Lipinski definition) is 2. The first-order valence-corrected chi connectivity index (χ1v) is 13.7. The molecule has 1 spiro atoms. The van der Waals surface area contributed by atoms with E-state index in [-0.39, 0.29) is 54.3 Å². The lowest BCUT2D eigenvalue weighted by Crippen LogP contribution is -2.50. The van der Waals surface area contributed by atoms with Gasteiger partial charge in [-0.05, 0) is 62.1 Å². The molecule has 0 radical (unpaired) electrons. The van der Waals surface area contributed by atoms with E-state index in [0.717, 1.165) is 12.8 Å². The standard InChI is InChI=1S/C25H27ClN4O5S/c26-19-6-2-8-21(15-19)36(34,35)30-12-9-25(10-13-30)24(33)27-22(28-25)18-5-3-11-29(16-18)23(32)17-4-1-7-20(31)14-17/h1-2,4,6-8,14-15,18,31H,3,5,9-13,16H2,(H,27,28,33). The Morgan fingerprint density at radius 2 is 1.86 bits per heavy atom. The van der Waals surface area contributed by atoms with Gasteiger partial charge in [0.15, 0.2) is 0 Å². The van der Waals surface area contributed by atoms with Gasteiger partial charge in [0.05, 0.1) is 4.90 Å². The van der Waals surface area contributed by atoms with E-state index in [2.05, 4.69) is 5.32 Å². The maximum atomic E-state index is 13.1. The fraction of sp³-hybridized carbons (Fsp3) is 0.400. The molecule has 3 aliphatic rings. The van der Waals surface area contributed by atoms with Crippen molar-refractivity contribution >= 4 is 39.3 Å². The Bertz CT molecular complexity index is 1340. The Hall–Kier alpha value is -2.95. The average Bonchev–Trinajstić information content (AvgIpc) is 3.19. The number of piperidine rings is 2. The molecule has 11 heteroatoms. The predicted molar refractivity (Wildman–Crippen MR) is 134 cm³/mol. The number of sulfonamides is 1. The molecule has 2 aromatic rings. The van der Waals surface area contributed by atoms with Crippen LogP contribution in [-0.4, -0.2) is 72.1 Å². The Morgan fingerprint density at radius 1 is 1.11 bits per heavy atom. The monoisotopic (exact) mass is 530 g/mol. The van der Waals surface area contributed by atoms with Crippen LogP contribution in [0.25, 0.3) is 0 Å². The predicted octanol–water partition coefficient (Wildman–Crippen LogP) is 2.65. The molecule has 2 N–H and O–H groups in total. The molecule has 2 amide bonds. The summed E-state index contributed by atoms with van der Waals surface area (Å²) in [5, 5.41) is 13.0. The molecule has 9 nitrogen and oxygen atoms in total. The van der Waals surface area contributed by atoms with Gasteiger partial charge >= 0.3 is 0 Å². The first kappa shape index (κ1) is 24.7. The van der Waals surface area contributed by atoms with Crippen LogP contribution in [0.15, 0.2) is 58.4 Å². The molecule has 0 bridgehead atoms. The molecule has 2 aromatic carbocycles. The number of halogens is 1. The Kier molecular flexibility index (Phi) is 6.52. The van der Waals surface area contributed by atoms with E-state index in [1.165, 1.54) is 28.6 Å². The van der Waals surface area contributed by atoms with Crippen molar-refractivity contribution in [2.75, 3.05) is 26.2 Å². The zero-order chi connectivity index (χ0) is 25.5. The molecule has 0 aromatic heterocycles. The molecule has 3 aliphatic heterocycles. The van der Waals surface area contributed by atoms with Gasteiger partial charge in [0.1, 0.15) is 17.1 Å². The quantitative estimate of drug-likeness (QED) is 0.630. The lowest BCUT2D eigenvalue weighted by Gasteiger charge is -2.35. The Balaban J connectivity index is 1.28. The van der Waals surface area contributed by atoms with E-state index in [0.29, 0.717) is 29.5 Å². The third-order valence-electron chi connectivity index (χ3n) is 7.17. The van der Waals surface area contributed by atoms with Gasteiger partial charge in [-0.25, -0.2) is 8.42 Å². The van der Waals surface area contributed by atoms with Crippen molar-refractivity contribution in [1.82, 2.24) is 14.5 Å². The summed E-state index contributed by atoms with van der Waals surface area (Å²) in [5.41, 5.74) is -0.578. The third-order valence-corrected chi connectivity index (χ3v) is 9.30. The molecule has 0 saturated carbocycles. The van der Waals surface area contributed by atoms with Crippen LogP contribution in [-0.2, 0) is 14.8 Å². The zero-order valence-corrected chi connectivity index (χ0v) is 21.1. The van der Waals surface area contributed by atoms with Gasteiger partial charge in [0.2, 0.25) is 10.0 Å². The van der Waals surface area contributed by atoms with Gasteiger partial charge < -0.3 is 15.3 Å². The number of phenolic OH excluding ortho intramolecular Hbond substituents is 1. The molecular formula is C25H27ClN4O5S. The number of benzene rings is 2. The van der Waals surface area contributed by atoms with Crippen LogP contribution in [0.1, 0.15) is 36.0 Å². The van der Waals surface area contributed by atoms with Crippen molar-refractivity contribution in [2.45, 2.75) is 36.1 Å². The van der Waals surface area contributed by atoms with Crippen molar-refractivity contribution in [3.8, 4) is 5.75 Å². The Morgan fingerprint density at radius 3 is 2.58 bits per heavy atom. The summed E-state index contributed by atoms with van der Waals surface area (Å²) >= 11 is 5.98. The van der Waals surface area contributed by atoms with E-state index in [1.807, 2.05) is 0 Å². The number of amidine groups is 1. The number of likely N-dealkylation sites (tertiary alicyclic amines) is 1. The number of carbonyl (C=O) groups is 2. The molecular weight excluding hydrogens is 504 g/mol. The van der Waals surface area contributed by atoms with Crippen LogP contribution in [0.4, 0.5) is 0 Å². The Labute approximate surface area is 214 Å². The summed E-state index contributed by atoms with van der Waals surface area (Å²) in [6.07, 6.45) is 2.11. The fourth-order valence-corrected chi connectivity index (χ4v) is 6.90. The van der Waals surface area contributed by atoms with Gasteiger partial charge in [-0.3, -0.25) is 14.6 Å². The second-order valence-electron chi connectivity index (χ2n) is 9.48. The maximum Gasteiger partial charge on any atom is 0.254 e. The van der Waals surface area contributed by atoms with E-state index in [4.69, 9.17) is 16.6 Å². The number of amides is 2. The van der Waals surface area contributed by atoms with E-state index >= 15 is 0 Å². The molecule has 1 unspecified atom stereocenters. The van der Waals surface area contributed by atoms with Crippen LogP contribution in [0.2, 0.25) is 5.02 Å². The second kappa shape index (κ2) is 9.49. The number of nitrogens with one attached hydrogen (secondary N) is 1. The molecule has 5 rings (SSSR count). The molecule has 3 heterocycles. The topological polar surface area (TPSA) is 119 Å². The van der Waals surface area contributed by atoms with Crippen LogP contribution >= 0.6 is 11.6 Å². The molecule has 2 fully saturated rings. The van der Waals surface area contributed by atoms with E-state index < -0.39 is 15.6 Å². The smallest absolute Gasteiger partial charge is 0.254 e. The largest absolute Gasteiger partial charge is 0.508 e. The molecule has 1 atom stereocenters. The van der Waals surface area contributed by atoms with E-state index in [1.54, 1.807) is 29.2 Å². The first-order valence-electron chi connectivity index (χ1n) is 11.9. The minimum atomic E-state index is -3.72. The highest BCUT2D eigenvalue weighted by molar-refractivity contribution is 7.89. The third kappa shape index (κ3) is 4.60.